The molecule has 0 atom stereocenters. The molecule has 4 nitrogen and oxygen atoms in total. The molecule has 0 saturated heterocycles. The number of hydrogen-bond donors (Lipinski definition) is 1. The maximum atomic E-state index is 8.42. The Morgan fingerprint density at radius 1 is 1.57 bits per heavy atom. The van der Waals surface area contributed by atoms with Gasteiger partial charge in [0.25, 0.3) is 0 Å². The molecule has 0 fully saturated rings. The molecule has 0 aliphatic heterocycles. The average molecular weight is 186 g/mol. The van der Waals surface area contributed by atoms with Gasteiger partial charge < -0.3 is 5.32 Å². The largest absolute Gasteiger partial charge is 0.372 e. The van der Waals surface area contributed by atoms with E-state index in [0.717, 1.165) is 16.6 Å². The summed E-state index contributed by atoms with van der Waals surface area (Å²) in [5.74, 6) is 0. The third-order valence-electron chi connectivity index (χ3n) is 2.12. The summed E-state index contributed by atoms with van der Waals surface area (Å²) < 4.78 is 1.82. The lowest BCUT2D eigenvalue weighted by molar-refractivity contribution is 0.797. The summed E-state index contributed by atoms with van der Waals surface area (Å²) in [6.45, 7) is 0.325. The fraction of sp³-hybridized carbons (Fsp3) is 0.200. The van der Waals surface area contributed by atoms with Gasteiger partial charge in [0.1, 0.15) is 6.54 Å². The Labute approximate surface area is 81.8 Å². The van der Waals surface area contributed by atoms with Crippen molar-refractivity contribution in [1.82, 2.24) is 9.78 Å². The van der Waals surface area contributed by atoms with Crippen LogP contribution in [0.2, 0.25) is 0 Å². The number of benzene rings is 1. The van der Waals surface area contributed by atoms with Crippen LogP contribution >= 0.6 is 0 Å². The minimum Gasteiger partial charge on any atom is -0.372 e. The van der Waals surface area contributed by atoms with E-state index in [4.69, 9.17) is 5.26 Å². The van der Waals surface area contributed by atoms with Crippen molar-refractivity contribution in [2.75, 3.05) is 11.9 Å². The van der Waals surface area contributed by atoms with Gasteiger partial charge in [0.15, 0.2) is 0 Å². The highest BCUT2D eigenvalue weighted by molar-refractivity contribution is 5.82. The van der Waals surface area contributed by atoms with E-state index >= 15 is 0 Å². The van der Waals surface area contributed by atoms with Crippen LogP contribution < -0.4 is 5.32 Å². The van der Waals surface area contributed by atoms with Gasteiger partial charge in [-0.05, 0) is 18.2 Å². The Kier molecular flexibility index (Phi) is 2.07. The molecule has 14 heavy (non-hydrogen) atoms. The summed E-state index contributed by atoms with van der Waals surface area (Å²) in [5.41, 5.74) is 2.04. The number of aromatic nitrogens is 2. The van der Waals surface area contributed by atoms with Crippen molar-refractivity contribution in [1.29, 1.82) is 5.26 Å². The number of aryl methyl sites for hydroxylation is 1. The number of fused-ring (bicyclic) bond motifs is 1. The summed E-state index contributed by atoms with van der Waals surface area (Å²) in [6.07, 6.45) is 1.81. The summed E-state index contributed by atoms with van der Waals surface area (Å²) >= 11 is 0. The van der Waals surface area contributed by atoms with E-state index in [0.29, 0.717) is 6.54 Å². The highest BCUT2D eigenvalue weighted by atomic mass is 15.2. The van der Waals surface area contributed by atoms with Gasteiger partial charge in [0.05, 0.1) is 17.8 Å². The molecular formula is C10H10N4. The van der Waals surface area contributed by atoms with Crippen molar-refractivity contribution in [2.45, 2.75) is 0 Å². The van der Waals surface area contributed by atoms with E-state index in [1.807, 2.05) is 42.2 Å². The van der Waals surface area contributed by atoms with Crippen LogP contribution in [0.4, 0.5) is 5.69 Å². The van der Waals surface area contributed by atoms with Gasteiger partial charge >= 0.3 is 0 Å². The van der Waals surface area contributed by atoms with Gasteiger partial charge in [0.2, 0.25) is 0 Å². The third-order valence-corrected chi connectivity index (χ3v) is 2.12. The number of nitrogens with one attached hydrogen (secondary N) is 1. The second-order valence-corrected chi connectivity index (χ2v) is 3.05. The number of nitrogens with zero attached hydrogens (tertiary/aromatic N) is 3. The molecular weight excluding hydrogens is 176 g/mol. The SMILES string of the molecule is Cn1ncc2cc(NCC#N)ccc21. The second kappa shape index (κ2) is 3.38. The molecule has 2 rings (SSSR count). The van der Waals surface area contributed by atoms with Gasteiger partial charge in [-0.15, -0.1) is 0 Å². The van der Waals surface area contributed by atoms with E-state index in [2.05, 4.69) is 10.4 Å². The van der Waals surface area contributed by atoms with Crippen LogP contribution in [0.5, 0.6) is 0 Å². The predicted octanol–water partition coefficient (Wildman–Crippen LogP) is 1.51. The van der Waals surface area contributed by atoms with Crippen LogP contribution in [0.3, 0.4) is 0 Å². The topological polar surface area (TPSA) is 53.6 Å². The normalized spacial score (nSPS) is 10.0. The zero-order chi connectivity index (χ0) is 9.97. The first kappa shape index (κ1) is 8.57. The Morgan fingerprint density at radius 2 is 2.43 bits per heavy atom. The smallest absolute Gasteiger partial charge is 0.103 e. The molecule has 0 saturated carbocycles. The molecule has 4 heteroatoms. The minimum absolute atomic E-state index is 0.325. The van der Waals surface area contributed by atoms with Crippen molar-refractivity contribution in [3.05, 3.63) is 24.4 Å². The predicted molar refractivity (Wildman–Crippen MR) is 54.8 cm³/mol. The van der Waals surface area contributed by atoms with Crippen molar-refractivity contribution in [2.24, 2.45) is 7.05 Å². The highest BCUT2D eigenvalue weighted by Gasteiger charge is 1.99. The lowest BCUT2D eigenvalue weighted by atomic mass is 10.2. The highest BCUT2D eigenvalue weighted by Crippen LogP contribution is 2.17. The van der Waals surface area contributed by atoms with E-state index in [9.17, 15) is 0 Å². The van der Waals surface area contributed by atoms with Gasteiger partial charge in [-0.1, -0.05) is 0 Å². The zero-order valence-corrected chi connectivity index (χ0v) is 7.86. The van der Waals surface area contributed by atoms with E-state index < -0.39 is 0 Å². The quantitative estimate of drug-likeness (QED) is 0.723. The fourth-order valence-electron chi connectivity index (χ4n) is 1.42. The Hall–Kier alpha value is -2.02. The molecule has 0 aliphatic carbocycles. The second-order valence-electron chi connectivity index (χ2n) is 3.05. The lowest BCUT2D eigenvalue weighted by Crippen LogP contribution is -1.97. The van der Waals surface area contributed by atoms with E-state index in [1.165, 1.54) is 0 Å². The molecule has 1 N–H and O–H groups in total. The van der Waals surface area contributed by atoms with E-state index in [1.54, 1.807) is 0 Å². The lowest BCUT2D eigenvalue weighted by Gasteiger charge is -2.01. The van der Waals surface area contributed by atoms with Crippen molar-refractivity contribution < 1.29 is 0 Å². The van der Waals surface area contributed by atoms with Crippen LogP contribution in [0, 0.1) is 11.3 Å². The molecule has 0 aliphatic rings. The summed E-state index contributed by atoms with van der Waals surface area (Å²) in [4.78, 5) is 0. The Balaban J connectivity index is 2.38. The summed E-state index contributed by atoms with van der Waals surface area (Å²) in [5, 5.41) is 16.6. The molecule has 1 aromatic carbocycles. The van der Waals surface area contributed by atoms with Gasteiger partial charge in [-0.2, -0.15) is 10.4 Å². The van der Waals surface area contributed by atoms with Crippen LogP contribution in [0.25, 0.3) is 10.9 Å². The Bertz CT molecular complexity index is 492. The average Bonchev–Trinajstić information content (AvgIpc) is 2.57. The number of anilines is 1. The maximum Gasteiger partial charge on any atom is 0.103 e. The molecule has 0 bridgehead atoms. The number of nitriles is 1. The molecule has 0 unspecified atom stereocenters. The van der Waals surface area contributed by atoms with Crippen molar-refractivity contribution >= 4 is 16.6 Å². The molecule has 1 heterocycles. The molecule has 0 spiro atoms. The first-order valence-electron chi connectivity index (χ1n) is 4.34. The maximum absolute atomic E-state index is 8.42. The molecule has 0 amide bonds. The molecule has 1 aromatic heterocycles. The standard InChI is InChI=1S/C10H10N4/c1-14-10-3-2-9(12-5-4-11)6-8(10)7-13-14/h2-3,6-7,12H,5H2,1H3. The molecule has 70 valence electrons. The van der Waals surface area contributed by atoms with Gasteiger partial charge in [-0.3, -0.25) is 4.68 Å². The summed E-state index contributed by atoms with van der Waals surface area (Å²) in [6, 6.07) is 7.96. The van der Waals surface area contributed by atoms with Crippen LogP contribution in [-0.4, -0.2) is 16.3 Å². The van der Waals surface area contributed by atoms with Crippen molar-refractivity contribution in [3.63, 3.8) is 0 Å². The van der Waals surface area contributed by atoms with Gasteiger partial charge in [0, 0.05) is 18.1 Å². The third kappa shape index (κ3) is 1.40. The van der Waals surface area contributed by atoms with E-state index in [-0.39, 0.29) is 0 Å². The van der Waals surface area contributed by atoms with Gasteiger partial charge in [-0.25, -0.2) is 0 Å². The van der Waals surface area contributed by atoms with Crippen LogP contribution in [-0.2, 0) is 7.05 Å². The number of hydrogen-bond acceptors (Lipinski definition) is 3. The summed E-state index contributed by atoms with van der Waals surface area (Å²) in [7, 11) is 1.91. The van der Waals surface area contributed by atoms with Crippen LogP contribution in [0.1, 0.15) is 0 Å². The van der Waals surface area contributed by atoms with Crippen LogP contribution in [0.15, 0.2) is 24.4 Å². The first-order chi connectivity index (χ1) is 6.81. The zero-order valence-electron chi connectivity index (χ0n) is 7.86. The monoisotopic (exact) mass is 186 g/mol. The van der Waals surface area contributed by atoms with Crippen molar-refractivity contribution in [3.8, 4) is 6.07 Å². The molecule has 2 aromatic rings. The fourth-order valence-corrected chi connectivity index (χ4v) is 1.42. The molecule has 0 radical (unpaired) electrons. The minimum atomic E-state index is 0.325. The number of rotatable bonds is 2. The first-order valence-corrected chi connectivity index (χ1v) is 4.34. The Morgan fingerprint density at radius 3 is 3.21 bits per heavy atom.